The van der Waals surface area contributed by atoms with E-state index in [2.05, 4.69) is 13.5 Å². The molecular weight excluding hydrogens is 146 g/mol. The second kappa shape index (κ2) is 3.86. The second-order valence-corrected chi connectivity index (χ2v) is 2.74. The summed E-state index contributed by atoms with van der Waals surface area (Å²) in [6.45, 7) is 5.93. The first-order valence-corrected chi connectivity index (χ1v) is 4.07. The molecule has 1 rings (SSSR count). The van der Waals surface area contributed by atoms with E-state index >= 15 is 0 Å². The van der Waals surface area contributed by atoms with Crippen molar-refractivity contribution >= 4 is 5.71 Å². The highest BCUT2D eigenvalue weighted by Crippen LogP contribution is 2.10. The van der Waals surface area contributed by atoms with Gasteiger partial charge in [-0.3, -0.25) is 0 Å². The lowest BCUT2D eigenvalue weighted by atomic mass is 10.0. The van der Waals surface area contributed by atoms with E-state index in [1.165, 1.54) is 0 Å². The zero-order valence-corrected chi connectivity index (χ0v) is 7.30. The molecule has 1 N–H and O–H groups in total. The number of hydrogen-bond acceptors (Lipinski definition) is 1. The molecule has 0 bridgehead atoms. The monoisotopic (exact) mass is 159 g/mol. The van der Waals surface area contributed by atoms with Gasteiger partial charge >= 0.3 is 0 Å². The first-order valence-electron chi connectivity index (χ1n) is 4.07. The molecule has 0 atom stereocenters. The third kappa shape index (κ3) is 2.06. The van der Waals surface area contributed by atoms with Crippen LogP contribution in [0.3, 0.4) is 0 Å². The average Bonchev–Trinajstić information content (AvgIpc) is 2.09. The number of nitrogens with one attached hydrogen (secondary N) is 1. The first-order chi connectivity index (χ1) is 5.74. The van der Waals surface area contributed by atoms with Gasteiger partial charge in [0, 0.05) is 0 Å². The van der Waals surface area contributed by atoms with Crippen molar-refractivity contribution in [3.8, 4) is 0 Å². The van der Waals surface area contributed by atoms with Gasteiger partial charge in [-0.1, -0.05) is 43.4 Å². The highest BCUT2D eigenvalue weighted by molar-refractivity contribution is 6.09. The molecule has 0 amide bonds. The zero-order valence-electron chi connectivity index (χ0n) is 7.30. The number of rotatable bonds is 2. The third-order valence-corrected chi connectivity index (χ3v) is 1.77. The van der Waals surface area contributed by atoms with Crippen LogP contribution in [0.4, 0.5) is 0 Å². The van der Waals surface area contributed by atoms with E-state index in [1.54, 1.807) is 6.08 Å². The van der Waals surface area contributed by atoms with Crippen LogP contribution in [0.25, 0.3) is 0 Å². The van der Waals surface area contributed by atoms with E-state index in [1.807, 2.05) is 24.3 Å². The van der Waals surface area contributed by atoms with Gasteiger partial charge in [-0.2, -0.15) is 0 Å². The summed E-state index contributed by atoms with van der Waals surface area (Å²) < 4.78 is 0. The summed E-state index contributed by atoms with van der Waals surface area (Å²) in [6.07, 6.45) is 10.4. The Balaban J connectivity index is 2.82. The largest absolute Gasteiger partial charge is 0.300 e. The van der Waals surface area contributed by atoms with E-state index in [4.69, 9.17) is 5.41 Å². The molecule has 0 fully saturated rings. The molecule has 1 aliphatic carbocycles. The van der Waals surface area contributed by atoms with Crippen molar-refractivity contribution in [2.45, 2.75) is 13.3 Å². The topological polar surface area (TPSA) is 23.9 Å². The molecule has 0 aromatic carbocycles. The molecule has 0 saturated heterocycles. The Kier molecular flexibility index (Phi) is 2.81. The fraction of sp³-hybridized carbons (Fsp3) is 0.182. The standard InChI is InChI=1S/C11H13N/c1-3-9(2)8-10-6-4-5-7-11(10)12/h4-8,12H,2-3H2,1H3/b10-8-,12-11?. The van der Waals surface area contributed by atoms with Gasteiger partial charge in [0.15, 0.2) is 0 Å². The Hall–Kier alpha value is -1.37. The van der Waals surface area contributed by atoms with Crippen molar-refractivity contribution < 1.29 is 0 Å². The number of hydrogen-bond donors (Lipinski definition) is 1. The Morgan fingerprint density at radius 2 is 2.17 bits per heavy atom. The van der Waals surface area contributed by atoms with Gasteiger partial charge in [0.25, 0.3) is 0 Å². The minimum Gasteiger partial charge on any atom is -0.300 e. The van der Waals surface area contributed by atoms with Crippen LogP contribution in [-0.2, 0) is 0 Å². The van der Waals surface area contributed by atoms with Gasteiger partial charge in [-0.15, -0.1) is 0 Å². The highest BCUT2D eigenvalue weighted by atomic mass is 14.4. The smallest absolute Gasteiger partial charge is 0.0612 e. The van der Waals surface area contributed by atoms with Gasteiger partial charge in [-0.25, -0.2) is 0 Å². The summed E-state index contributed by atoms with van der Waals surface area (Å²) >= 11 is 0. The summed E-state index contributed by atoms with van der Waals surface area (Å²) in [5.74, 6) is 0. The van der Waals surface area contributed by atoms with Crippen molar-refractivity contribution in [1.29, 1.82) is 5.41 Å². The van der Waals surface area contributed by atoms with Crippen LogP contribution in [0.15, 0.2) is 48.1 Å². The molecule has 0 heterocycles. The lowest BCUT2D eigenvalue weighted by molar-refractivity contribution is 1.16. The molecule has 0 spiro atoms. The predicted molar refractivity (Wildman–Crippen MR) is 53.5 cm³/mol. The molecule has 0 unspecified atom stereocenters. The quantitative estimate of drug-likeness (QED) is 0.640. The predicted octanol–water partition coefficient (Wildman–Crippen LogP) is 3.02. The molecule has 0 saturated carbocycles. The van der Waals surface area contributed by atoms with Crippen LogP contribution < -0.4 is 0 Å². The molecule has 1 aliphatic rings. The van der Waals surface area contributed by atoms with Crippen molar-refractivity contribution in [2.24, 2.45) is 0 Å². The van der Waals surface area contributed by atoms with E-state index in [-0.39, 0.29) is 0 Å². The Bertz CT molecular complexity index is 290. The molecule has 1 nitrogen and oxygen atoms in total. The molecule has 0 aromatic heterocycles. The fourth-order valence-electron chi connectivity index (χ4n) is 0.945. The van der Waals surface area contributed by atoms with E-state index in [0.29, 0.717) is 5.71 Å². The van der Waals surface area contributed by atoms with E-state index < -0.39 is 0 Å². The molecule has 0 aromatic rings. The molecule has 1 heteroatoms. The van der Waals surface area contributed by atoms with Crippen LogP contribution in [0.1, 0.15) is 13.3 Å². The zero-order chi connectivity index (χ0) is 8.97. The summed E-state index contributed by atoms with van der Waals surface area (Å²) in [5, 5.41) is 7.57. The van der Waals surface area contributed by atoms with Crippen LogP contribution >= 0.6 is 0 Å². The minimum atomic E-state index is 0.562. The maximum absolute atomic E-state index is 7.57. The van der Waals surface area contributed by atoms with Crippen LogP contribution in [0.5, 0.6) is 0 Å². The van der Waals surface area contributed by atoms with Crippen LogP contribution in [0, 0.1) is 5.41 Å². The summed E-state index contributed by atoms with van der Waals surface area (Å²) in [7, 11) is 0. The SMILES string of the molecule is C=C(/C=C1/C=CC=CC1=N)CC. The summed E-state index contributed by atoms with van der Waals surface area (Å²) in [5.41, 5.74) is 2.58. The van der Waals surface area contributed by atoms with Gasteiger partial charge < -0.3 is 5.41 Å². The lowest BCUT2D eigenvalue weighted by Gasteiger charge is -2.04. The number of allylic oxidation sites excluding steroid dienone is 7. The summed E-state index contributed by atoms with van der Waals surface area (Å²) in [6, 6.07) is 0. The summed E-state index contributed by atoms with van der Waals surface area (Å²) in [4.78, 5) is 0. The highest BCUT2D eigenvalue weighted by Gasteiger charge is 2.00. The van der Waals surface area contributed by atoms with Gasteiger partial charge in [0.05, 0.1) is 5.71 Å². The van der Waals surface area contributed by atoms with Crippen molar-refractivity contribution in [1.82, 2.24) is 0 Å². The minimum absolute atomic E-state index is 0.562. The van der Waals surface area contributed by atoms with Crippen molar-refractivity contribution in [3.05, 3.63) is 48.1 Å². The van der Waals surface area contributed by atoms with Crippen LogP contribution in [0.2, 0.25) is 0 Å². The third-order valence-electron chi connectivity index (χ3n) is 1.77. The van der Waals surface area contributed by atoms with Gasteiger partial charge in [-0.05, 0) is 18.1 Å². The van der Waals surface area contributed by atoms with Gasteiger partial charge in [0.1, 0.15) is 0 Å². The maximum Gasteiger partial charge on any atom is 0.0612 e. The molecule has 62 valence electrons. The Morgan fingerprint density at radius 3 is 2.75 bits per heavy atom. The molecule has 12 heavy (non-hydrogen) atoms. The average molecular weight is 159 g/mol. The van der Waals surface area contributed by atoms with Gasteiger partial charge in [0.2, 0.25) is 0 Å². The van der Waals surface area contributed by atoms with E-state index in [9.17, 15) is 0 Å². The molecule has 0 radical (unpaired) electrons. The molecule has 0 aliphatic heterocycles. The van der Waals surface area contributed by atoms with E-state index in [0.717, 1.165) is 17.6 Å². The normalized spacial score (nSPS) is 18.8. The first kappa shape index (κ1) is 8.72. The Morgan fingerprint density at radius 1 is 1.50 bits per heavy atom. The maximum atomic E-state index is 7.57. The van der Waals surface area contributed by atoms with Crippen molar-refractivity contribution in [3.63, 3.8) is 0 Å². The molecular formula is C11H13N. The fourth-order valence-corrected chi connectivity index (χ4v) is 0.945. The van der Waals surface area contributed by atoms with Crippen LogP contribution in [-0.4, -0.2) is 5.71 Å². The lowest BCUT2D eigenvalue weighted by Crippen LogP contribution is -1.97. The Labute approximate surface area is 73.3 Å². The second-order valence-electron chi connectivity index (χ2n) is 2.74. The van der Waals surface area contributed by atoms with Crippen molar-refractivity contribution in [2.75, 3.05) is 0 Å².